The second-order valence-electron chi connectivity index (χ2n) is 5.98. The van der Waals surface area contributed by atoms with Crippen LogP contribution in [-0.2, 0) is 6.42 Å². The summed E-state index contributed by atoms with van der Waals surface area (Å²) < 4.78 is 0. The van der Waals surface area contributed by atoms with Crippen LogP contribution < -0.4 is 5.32 Å². The zero-order chi connectivity index (χ0) is 14.0. The van der Waals surface area contributed by atoms with E-state index in [1.807, 2.05) is 0 Å². The fourth-order valence-electron chi connectivity index (χ4n) is 3.01. The molecule has 2 heteroatoms. The Morgan fingerprint density at radius 2 is 1.45 bits per heavy atom. The Balaban J connectivity index is 1.78. The van der Waals surface area contributed by atoms with Crippen LogP contribution in [0.15, 0.2) is 30.3 Å². The van der Waals surface area contributed by atoms with Gasteiger partial charge in [-0.15, -0.1) is 0 Å². The number of benzene rings is 1. The van der Waals surface area contributed by atoms with E-state index >= 15 is 0 Å². The van der Waals surface area contributed by atoms with E-state index in [4.69, 9.17) is 12.2 Å². The summed E-state index contributed by atoms with van der Waals surface area (Å²) in [4.78, 5) is 1.01. The normalized spacial score (nSPS) is 18.4. The molecule has 0 radical (unpaired) electrons. The second-order valence-corrected chi connectivity index (χ2v) is 6.47. The number of hydrogen-bond acceptors (Lipinski definition) is 1. The smallest absolute Gasteiger partial charge is 0.0799 e. The molecule has 0 heterocycles. The molecule has 0 bridgehead atoms. The lowest BCUT2D eigenvalue weighted by atomic mass is 9.97. The predicted molar refractivity (Wildman–Crippen MR) is 91.2 cm³/mol. The van der Waals surface area contributed by atoms with Crippen molar-refractivity contribution in [2.45, 2.75) is 70.3 Å². The lowest BCUT2D eigenvalue weighted by Crippen LogP contribution is -2.34. The number of thiocarbonyl (C=S) groups is 1. The highest BCUT2D eigenvalue weighted by atomic mass is 32.1. The maximum absolute atomic E-state index is 5.54. The molecule has 0 aromatic heterocycles. The van der Waals surface area contributed by atoms with Gasteiger partial charge in [-0.3, -0.25) is 0 Å². The minimum atomic E-state index is 0.601. The van der Waals surface area contributed by atoms with Crippen LogP contribution in [0.1, 0.15) is 63.4 Å². The highest BCUT2D eigenvalue weighted by molar-refractivity contribution is 7.80. The van der Waals surface area contributed by atoms with Crippen molar-refractivity contribution in [2.24, 2.45) is 0 Å². The van der Waals surface area contributed by atoms with Gasteiger partial charge in [-0.1, -0.05) is 87.5 Å². The third-order valence-corrected chi connectivity index (χ3v) is 4.44. The molecular formula is C18H27NS. The molecule has 1 nitrogen and oxygen atoms in total. The van der Waals surface area contributed by atoms with E-state index < -0.39 is 0 Å². The van der Waals surface area contributed by atoms with Crippen LogP contribution in [0.5, 0.6) is 0 Å². The average molecular weight is 289 g/mol. The molecule has 110 valence electrons. The van der Waals surface area contributed by atoms with Crippen molar-refractivity contribution in [3.05, 3.63) is 35.9 Å². The summed E-state index contributed by atoms with van der Waals surface area (Å²) in [6.45, 7) is 0. The Bertz CT molecular complexity index is 378. The molecule has 1 aromatic carbocycles. The average Bonchev–Trinajstić information content (AvgIpc) is 2.47. The molecular weight excluding hydrogens is 262 g/mol. The summed E-state index contributed by atoms with van der Waals surface area (Å²) >= 11 is 5.54. The lowest BCUT2D eigenvalue weighted by molar-refractivity contribution is 0.437. The molecule has 1 aliphatic carbocycles. The monoisotopic (exact) mass is 289 g/mol. The summed E-state index contributed by atoms with van der Waals surface area (Å²) in [6.07, 6.45) is 13.2. The molecule has 1 aliphatic rings. The van der Waals surface area contributed by atoms with Crippen molar-refractivity contribution in [1.29, 1.82) is 0 Å². The van der Waals surface area contributed by atoms with Gasteiger partial charge in [0.25, 0.3) is 0 Å². The third-order valence-electron chi connectivity index (χ3n) is 4.18. The van der Waals surface area contributed by atoms with Crippen LogP contribution in [0.4, 0.5) is 0 Å². The largest absolute Gasteiger partial charge is 0.377 e. The van der Waals surface area contributed by atoms with Gasteiger partial charge in [-0.05, 0) is 18.4 Å². The number of rotatable bonds is 3. The van der Waals surface area contributed by atoms with Gasteiger partial charge in [-0.2, -0.15) is 0 Å². The Morgan fingerprint density at radius 1 is 0.900 bits per heavy atom. The van der Waals surface area contributed by atoms with Gasteiger partial charge in [-0.25, -0.2) is 0 Å². The van der Waals surface area contributed by atoms with E-state index in [-0.39, 0.29) is 0 Å². The second kappa shape index (κ2) is 9.12. The van der Waals surface area contributed by atoms with Crippen LogP contribution in [-0.4, -0.2) is 11.0 Å². The van der Waals surface area contributed by atoms with Crippen molar-refractivity contribution < 1.29 is 0 Å². The molecule has 1 N–H and O–H groups in total. The van der Waals surface area contributed by atoms with Gasteiger partial charge in [0.15, 0.2) is 0 Å². The van der Waals surface area contributed by atoms with Crippen LogP contribution in [0.2, 0.25) is 0 Å². The Hall–Kier alpha value is -0.890. The maximum Gasteiger partial charge on any atom is 0.0799 e. The summed E-state index contributed by atoms with van der Waals surface area (Å²) in [5.41, 5.74) is 1.31. The van der Waals surface area contributed by atoms with Crippen molar-refractivity contribution >= 4 is 17.2 Å². The minimum Gasteiger partial charge on any atom is -0.377 e. The zero-order valence-electron chi connectivity index (χ0n) is 12.4. The Morgan fingerprint density at radius 3 is 2.05 bits per heavy atom. The van der Waals surface area contributed by atoms with Crippen molar-refractivity contribution in [2.75, 3.05) is 0 Å². The number of nitrogens with one attached hydrogen (secondary N) is 1. The van der Waals surface area contributed by atoms with Gasteiger partial charge < -0.3 is 5.32 Å². The standard InChI is InChI=1S/C18H27NS/c20-18(15-16-11-7-6-8-12-16)19-17-13-9-4-2-1-3-5-10-14-17/h6-8,11-12,17H,1-5,9-10,13-15H2,(H,19,20). The van der Waals surface area contributed by atoms with Gasteiger partial charge in [0.2, 0.25) is 0 Å². The van der Waals surface area contributed by atoms with Crippen LogP contribution in [0.25, 0.3) is 0 Å². The van der Waals surface area contributed by atoms with Gasteiger partial charge in [0, 0.05) is 12.5 Å². The SMILES string of the molecule is S=C(Cc1ccccc1)NC1CCCCCCCCC1. The van der Waals surface area contributed by atoms with E-state index in [1.165, 1.54) is 63.4 Å². The van der Waals surface area contributed by atoms with Crippen LogP contribution in [0, 0.1) is 0 Å². The lowest BCUT2D eigenvalue weighted by Gasteiger charge is -2.21. The van der Waals surface area contributed by atoms with Crippen molar-refractivity contribution in [3.8, 4) is 0 Å². The third kappa shape index (κ3) is 6.04. The molecule has 1 aromatic rings. The fourth-order valence-corrected chi connectivity index (χ4v) is 3.35. The van der Waals surface area contributed by atoms with E-state index in [2.05, 4.69) is 35.6 Å². The Labute approximate surface area is 129 Å². The maximum atomic E-state index is 5.54. The first kappa shape index (κ1) is 15.5. The summed E-state index contributed by atoms with van der Waals surface area (Å²) in [6, 6.07) is 11.1. The highest BCUT2D eigenvalue weighted by Gasteiger charge is 2.11. The van der Waals surface area contributed by atoms with Crippen molar-refractivity contribution in [1.82, 2.24) is 5.32 Å². The van der Waals surface area contributed by atoms with Gasteiger partial charge in [0.1, 0.15) is 0 Å². The van der Waals surface area contributed by atoms with E-state index in [0.717, 1.165) is 11.4 Å². The van der Waals surface area contributed by atoms with Crippen LogP contribution in [0.3, 0.4) is 0 Å². The number of hydrogen-bond donors (Lipinski definition) is 1. The van der Waals surface area contributed by atoms with Gasteiger partial charge >= 0.3 is 0 Å². The molecule has 20 heavy (non-hydrogen) atoms. The highest BCUT2D eigenvalue weighted by Crippen LogP contribution is 2.17. The van der Waals surface area contributed by atoms with E-state index in [0.29, 0.717) is 6.04 Å². The van der Waals surface area contributed by atoms with E-state index in [1.54, 1.807) is 0 Å². The molecule has 0 aliphatic heterocycles. The first-order valence-corrected chi connectivity index (χ1v) is 8.59. The fraction of sp³-hybridized carbons (Fsp3) is 0.611. The molecule has 1 fully saturated rings. The predicted octanol–water partition coefficient (Wildman–Crippen LogP) is 5.04. The molecule has 1 saturated carbocycles. The molecule has 0 amide bonds. The minimum absolute atomic E-state index is 0.601. The summed E-state index contributed by atoms with van der Waals surface area (Å²) in [5.74, 6) is 0. The summed E-state index contributed by atoms with van der Waals surface area (Å²) in [7, 11) is 0. The van der Waals surface area contributed by atoms with Crippen molar-refractivity contribution in [3.63, 3.8) is 0 Å². The van der Waals surface area contributed by atoms with Gasteiger partial charge in [0.05, 0.1) is 4.99 Å². The van der Waals surface area contributed by atoms with Crippen LogP contribution >= 0.6 is 12.2 Å². The molecule has 0 spiro atoms. The molecule has 0 atom stereocenters. The quantitative estimate of drug-likeness (QED) is 0.782. The summed E-state index contributed by atoms with van der Waals surface area (Å²) in [5, 5.41) is 3.61. The molecule has 0 unspecified atom stereocenters. The first-order chi connectivity index (χ1) is 9.84. The topological polar surface area (TPSA) is 12.0 Å². The Kier molecular flexibility index (Phi) is 7.07. The molecule has 2 rings (SSSR count). The first-order valence-electron chi connectivity index (χ1n) is 8.18. The zero-order valence-corrected chi connectivity index (χ0v) is 13.3. The molecule has 0 saturated heterocycles. The van der Waals surface area contributed by atoms with E-state index in [9.17, 15) is 0 Å².